The second-order valence-corrected chi connectivity index (χ2v) is 5.21. The summed E-state index contributed by atoms with van der Waals surface area (Å²) in [6.45, 7) is 6.74. The summed E-state index contributed by atoms with van der Waals surface area (Å²) in [4.78, 5) is 2.52. The van der Waals surface area contributed by atoms with Crippen LogP contribution in [0.15, 0.2) is 24.3 Å². The molecule has 1 fully saturated rings. The fraction of sp³-hybridized carbons (Fsp3) is 0.600. The minimum atomic E-state index is 0.119. The topological polar surface area (TPSA) is 29.3 Å². The summed E-state index contributed by atoms with van der Waals surface area (Å²) in [5.74, 6) is 0.852. The normalized spacial score (nSPS) is 22.5. The second-order valence-electron chi connectivity index (χ2n) is 5.21. The van der Waals surface area contributed by atoms with Gasteiger partial charge < -0.3 is 10.6 Å². The third kappa shape index (κ3) is 2.81. The molecule has 0 bridgehead atoms. The summed E-state index contributed by atoms with van der Waals surface area (Å²) in [7, 11) is 0. The average Bonchev–Trinajstić information content (AvgIpc) is 2.39. The number of hydrogen-bond acceptors (Lipinski definition) is 2. The van der Waals surface area contributed by atoms with E-state index in [1.54, 1.807) is 0 Å². The second kappa shape index (κ2) is 5.54. The van der Waals surface area contributed by atoms with Crippen LogP contribution < -0.4 is 10.6 Å². The Bertz CT molecular complexity index is 360. The molecule has 2 rings (SSSR count). The van der Waals surface area contributed by atoms with Crippen molar-refractivity contribution in [2.45, 2.75) is 39.2 Å². The number of benzene rings is 1. The van der Waals surface area contributed by atoms with Gasteiger partial charge in [-0.15, -0.1) is 0 Å². The van der Waals surface area contributed by atoms with Crippen LogP contribution in [0.2, 0.25) is 0 Å². The lowest BCUT2D eigenvalue weighted by molar-refractivity contribution is 0.404. The Hall–Kier alpha value is -1.02. The lowest BCUT2D eigenvalue weighted by Crippen LogP contribution is -2.36. The molecular weight excluding hydrogens is 208 g/mol. The molecule has 2 N–H and O–H groups in total. The number of piperidine rings is 1. The molecule has 2 nitrogen and oxygen atoms in total. The van der Waals surface area contributed by atoms with E-state index in [9.17, 15) is 0 Å². The maximum Gasteiger partial charge on any atom is 0.0414 e. The van der Waals surface area contributed by atoms with Crippen molar-refractivity contribution >= 4 is 5.69 Å². The van der Waals surface area contributed by atoms with Gasteiger partial charge in [-0.25, -0.2) is 0 Å². The van der Waals surface area contributed by atoms with E-state index >= 15 is 0 Å². The molecule has 1 aliphatic heterocycles. The molecule has 1 unspecified atom stereocenters. The van der Waals surface area contributed by atoms with Crippen molar-refractivity contribution in [1.29, 1.82) is 0 Å². The molecule has 1 aliphatic rings. The number of nitrogens with zero attached hydrogens (tertiary/aromatic N) is 1. The van der Waals surface area contributed by atoms with Gasteiger partial charge in [-0.2, -0.15) is 0 Å². The largest absolute Gasteiger partial charge is 0.371 e. The van der Waals surface area contributed by atoms with E-state index in [1.807, 2.05) is 0 Å². The molecule has 2 atom stereocenters. The van der Waals surface area contributed by atoms with Crippen LogP contribution in [0, 0.1) is 5.92 Å². The van der Waals surface area contributed by atoms with Gasteiger partial charge in [-0.3, -0.25) is 0 Å². The molecule has 1 heterocycles. The van der Waals surface area contributed by atoms with Gasteiger partial charge in [0.15, 0.2) is 0 Å². The maximum absolute atomic E-state index is 6.06. The van der Waals surface area contributed by atoms with E-state index in [1.165, 1.54) is 43.6 Å². The third-order valence-corrected chi connectivity index (χ3v) is 3.86. The van der Waals surface area contributed by atoms with Crippen molar-refractivity contribution in [2.75, 3.05) is 18.0 Å². The van der Waals surface area contributed by atoms with Gasteiger partial charge in [-0.1, -0.05) is 31.5 Å². The molecule has 1 saturated heterocycles. The molecule has 1 aromatic carbocycles. The molecule has 0 spiro atoms. The van der Waals surface area contributed by atoms with E-state index in [2.05, 4.69) is 43.0 Å². The molecule has 0 radical (unpaired) electrons. The Labute approximate surface area is 105 Å². The van der Waals surface area contributed by atoms with E-state index in [0.29, 0.717) is 0 Å². The van der Waals surface area contributed by atoms with Crippen molar-refractivity contribution in [3.63, 3.8) is 0 Å². The minimum Gasteiger partial charge on any atom is -0.371 e. The highest BCUT2D eigenvalue weighted by Gasteiger charge is 2.20. The zero-order valence-electron chi connectivity index (χ0n) is 11.0. The fourth-order valence-electron chi connectivity index (χ4n) is 2.78. The molecular formula is C15H24N2. The third-order valence-electron chi connectivity index (χ3n) is 3.86. The zero-order chi connectivity index (χ0) is 12.3. The first kappa shape index (κ1) is 12.4. The predicted octanol–water partition coefficient (Wildman–Crippen LogP) is 3.33. The Morgan fingerprint density at radius 2 is 2.18 bits per heavy atom. The van der Waals surface area contributed by atoms with Crippen molar-refractivity contribution < 1.29 is 0 Å². The lowest BCUT2D eigenvalue weighted by atomic mass is 9.94. The van der Waals surface area contributed by atoms with Gasteiger partial charge in [0.1, 0.15) is 0 Å². The smallest absolute Gasteiger partial charge is 0.0414 e. The molecule has 2 heteroatoms. The average molecular weight is 232 g/mol. The standard InChI is InChI=1S/C15H24N2/c1-3-13-7-6-10-17(11-13)15-9-5-4-8-14(15)12(2)16/h4-5,8-9,12-13H,3,6-7,10-11,16H2,1-2H3/t12-,13?/m0/s1. The minimum absolute atomic E-state index is 0.119. The van der Waals surface area contributed by atoms with Crippen LogP contribution >= 0.6 is 0 Å². The predicted molar refractivity (Wildman–Crippen MR) is 74.3 cm³/mol. The van der Waals surface area contributed by atoms with Gasteiger partial charge in [0, 0.05) is 24.8 Å². The van der Waals surface area contributed by atoms with Crippen molar-refractivity contribution in [1.82, 2.24) is 0 Å². The van der Waals surface area contributed by atoms with Gasteiger partial charge in [0.2, 0.25) is 0 Å². The van der Waals surface area contributed by atoms with Crippen LogP contribution in [0.4, 0.5) is 5.69 Å². The van der Waals surface area contributed by atoms with Crippen molar-refractivity contribution in [3.8, 4) is 0 Å². The molecule has 94 valence electrons. The van der Waals surface area contributed by atoms with Crippen LogP contribution in [-0.4, -0.2) is 13.1 Å². The highest BCUT2D eigenvalue weighted by Crippen LogP contribution is 2.29. The molecule has 1 aromatic rings. The van der Waals surface area contributed by atoms with Gasteiger partial charge in [0.05, 0.1) is 0 Å². The summed E-state index contributed by atoms with van der Waals surface area (Å²) in [6, 6.07) is 8.71. The molecule has 0 saturated carbocycles. The summed E-state index contributed by atoms with van der Waals surface area (Å²) in [5.41, 5.74) is 8.69. The number of anilines is 1. The monoisotopic (exact) mass is 232 g/mol. The number of nitrogens with two attached hydrogens (primary N) is 1. The van der Waals surface area contributed by atoms with Gasteiger partial charge >= 0.3 is 0 Å². The SMILES string of the molecule is CCC1CCCN(c2ccccc2[C@H](C)N)C1. The van der Waals surface area contributed by atoms with E-state index < -0.39 is 0 Å². The summed E-state index contributed by atoms with van der Waals surface area (Å²) >= 11 is 0. The highest BCUT2D eigenvalue weighted by molar-refractivity contribution is 5.55. The Kier molecular flexibility index (Phi) is 4.06. The van der Waals surface area contributed by atoms with Crippen LogP contribution in [-0.2, 0) is 0 Å². The molecule has 17 heavy (non-hydrogen) atoms. The van der Waals surface area contributed by atoms with Gasteiger partial charge in [-0.05, 0) is 37.3 Å². The molecule has 0 amide bonds. The molecule has 0 aromatic heterocycles. The first-order valence-corrected chi connectivity index (χ1v) is 6.81. The number of rotatable bonds is 3. The zero-order valence-corrected chi connectivity index (χ0v) is 11.0. The highest BCUT2D eigenvalue weighted by atomic mass is 15.1. The summed E-state index contributed by atoms with van der Waals surface area (Å²) in [6.07, 6.45) is 3.98. The van der Waals surface area contributed by atoms with Crippen LogP contribution in [0.5, 0.6) is 0 Å². The first-order chi connectivity index (χ1) is 8.22. The van der Waals surface area contributed by atoms with Crippen LogP contribution in [0.3, 0.4) is 0 Å². The van der Waals surface area contributed by atoms with E-state index in [-0.39, 0.29) is 6.04 Å². The Balaban J connectivity index is 2.21. The molecule has 0 aliphatic carbocycles. The quantitative estimate of drug-likeness (QED) is 0.866. The maximum atomic E-state index is 6.06. The first-order valence-electron chi connectivity index (χ1n) is 6.81. The van der Waals surface area contributed by atoms with Crippen LogP contribution in [0.25, 0.3) is 0 Å². The number of para-hydroxylation sites is 1. The number of hydrogen-bond donors (Lipinski definition) is 1. The Morgan fingerprint density at radius 1 is 1.41 bits per heavy atom. The lowest BCUT2D eigenvalue weighted by Gasteiger charge is -2.35. The van der Waals surface area contributed by atoms with E-state index in [4.69, 9.17) is 5.73 Å². The summed E-state index contributed by atoms with van der Waals surface area (Å²) in [5, 5.41) is 0. The van der Waals surface area contributed by atoms with Crippen molar-refractivity contribution in [2.24, 2.45) is 11.7 Å². The fourth-order valence-corrected chi connectivity index (χ4v) is 2.78. The van der Waals surface area contributed by atoms with Crippen LogP contribution in [0.1, 0.15) is 44.7 Å². The Morgan fingerprint density at radius 3 is 2.88 bits per heavy atom. The summed E-state index contributed by atoms with van der Waals surface area (Å²) < 4.78 is 0. The van der Waals surface area contributed by atoms with E-state index in [0.717, 1.165) is 5.92 Å². The van der Waals surface area contributed by atoms with Crippen molar-refractivity contribution in [3.05, 3.63) is 29.8 Å². The van der Waals surface area contributed by atoms with Gasteiger partial charge in [0.25, 0.3) is 0 Å².